The average Bonchev–Trinajstić information content (AvgIpc) is 2.99. The summed E-state index contributed by atoms with van der Waals surface area (Å²) in [6, 6.07) is 6.69. The molecule has 0 aliphatic heterocycles. The van der Waals surface area contributed by atoms with Gasteiger partial charge < -0.3 is 5.32 Å². The van der Waals surface area contributed by atoms with E-state index in [0.29, 0.717) is 17.3 Å². The lowest BCUT2D eigenvalue weighted by Crippen LogP contribution is -2.27. The Hall–Kier alpha value is -1.82. The van der Waals surface area contributed by atoms with Gasteiger partial charge in [-0.1, -0.05) is 30.0 Å². The molecule has 1 amide bonds. The average molecular weight is 344 g/mol. The van der Waals surface area contributed by atoms with Crippen LogP contribution in [0.4, 0.5) is 0 Å². The van der Waals surface area contributed by atoms with Crippen molar-refractivity contribution in [3.05, 3.63) is 40.7 Å². The lowest BCUT2D eigenvalue weighted by molar-refractivity contribution is -0.121. The van der Waals surface area contributed by atoms with Crippen molar-refractivity contribution in [2.75, 3.05) is 5.75 Å². The van der Waals surface area contributed by atoms with E-state index in [1.165, 1.54) is 47.7 Å². The van der Waals surface area contributed by atoms with E-state index >= 15 is 0 Å². The van der Waals surface area contributed by atoms with Crippen LogP contribution in [0.1, 0.15) is 54.7 Å². The topological polar surface area (TPSA) is 70.7 Å². The first kappa shape index (κ1) is 17.0. The smallest absolute Gasteiger partial charge is 0.221 e. The second-order valence-corrected chi connectivity index (χ2v) is 7.39. The highest BCUT2D eigenvalue weighted by Gasteiger charge is 2.14. The SMILES string of the molecule is Cc1nc(SCCC(=O)N[C@@H](C)c2ccc3c(c2)CCCC3)n[nH]1. The number of benzene rings is 1. The summed E-state index contributed by atoms with van der Waals surface area (Å²) >= 11 is 1.50. The van der Waals surface area contributed by atoms with Gasteiger partial charge in [-0.3, -0.25) is 9.89 Å². The number of fused-ring (bicyclic) bond motifs is 1. The highest BCUT2D eigenvalue weighted by Crippen LogP contribution is 2.24. The van der Waals surface area contributed by atoms with E-state index in [1.54, 1.807) is 0 Å². The van der Waals surface area contributed by atoms with Crippen LogP contribution in [-0.2, 0) is 17.6 Å². The number of aryl methyl sites for hydroxylation is 3. The molecule has 2 aromatic rings. The van der Waals surface area contributed by atoms with Crippen molar-refractivity contribution in [1.82, 2.24) is 20.5 Å². The molecule has 128 valence electrons. The van der Waals surface area contributed by atoms with Crippen molar-refractivity contribution >= 4 is 17.7 Å². The minimum atomic E-state index is 0.0421. The van der Waals surface area contributed by atoms with E-state index in [4.69, 9.17) is 0 Å². The fourth-order valence-electron chi connectivity index (χ4n) is 3.04. The number of nitrogens with zero attached hydrogens (tertiary/aromatic N) is 2. The first-order valence-corrected chi connectivity index (χ1v) is 9.53. The second kappa shape index (κ2) is 7.83. The number of aromatic nitrogens is 3. The number of hydrogen-bond acceptors (Lipinski definition) is 4. The molecule has 5 nitrogen and oxygen atoms in total. The molecule has 1 aliphatic carbocycles. The molecule has 1 aromatic heterocycles. The van der Waals surface area contributed by atoms with Gasteiger partial charge in [-0.2, -0.15) is 0 Å². The maximum absolute atomic E-state index is 12.1. The maximum Gasteiger partial charge on any atom is 0.221 e. The fraction of sp³-hybridized carbons (Fsp3) is 0.500. The van der Waals surface area contributed by atoms with Crippen molar-refractivity contribution in [3.8, 4) is 0 Å². The summed E-state index contributed by atoms with van der Waals surface area (Å²) in [5.41, 5.74) is 4.12. The number of H-pyrrole nitrogens is 1. The van der Waals surface area contributed by atoms with Gasteiger partial charge in [0.1, 0.15) is 5.82 Å². The van der Waals surface area contributed by atoms with Crippen molar-refractivity contribution in [1.29, 1.82) is 0 Å². The molecule has 0 saturated heterocycles. The van der Waals surface area contributed by atoms with E-state index in [2.05, 4.69) is 38.7 Å². The number of rotatable bonds is 6. The minimum Gasteiger partial charge on any atom is -0.350 e. The molecule has 0 radical (unpaired) electrons. The Balaban J connectivity index is 1.48. The molecular weight excluding hydrogens is 320 g/mol. The van der Waals surface area contributed by atoms with Gasteiger partial charge in [0, 0.05) is 12.2 Å². The molecule has 6 heteroatoms. The zero-order valence-electron chi connectivity index (χ0n) is 14.3. The third-order valence-electron chi connectivity index (χ3n) is 4.39. The Morgan fingerprint density at radius 2 is 2.12 bits per heavy atom. The number of carbonyl (C=O) groups is 1. The third-order valence-corrected chi connectivity index (χ3v) is 5.24. The molecule has 2 N–H and O–H groups in total. The van der Waals surface area contributed by atoms with E-state index in [-0.39, 0.29) is 11.9 Å². The van der Waals surface area contributed by atoms with E-state index in [0.717, 1.165) is 12.2 Å². The largest absolute Gasteiger partial charge is 0.350 e. The number of carbonyl (C=O) groups excluding carboxylic acids is 1. The van der Waals surface area contributed by atoms with Gasteiger partial charge in [0.25, 0.3) is 0 Å². The predicted molar refractivity (Wildman–Crippen MR) is 96.1 cm³/mol. The molecular formula is C18H24N4OS. The summed E-state index contributed by atoms with van der Waals surface area (Å²) in [7, 11) is 0. The molecule has 24 heavy (non-hydrogen) atoms. The summed E-state index contributed by atoms with van der Waals surface area (Å²) in [5, 5.41) is 10.7. The summed E-state index contributed by atoms with van der Waals surface area (Å²) in [6.45, 7) is 3.91. The lowest BCUT2D eigenvalue weighted by Gasteiger charge is -2.20. The Morgan fingerprint density at radius 3 is 2.88 bits per heavy atom. The van der Waals surface area contributed by atoms with Crippen LogP contribution in [0.15, 0.2) is 23.4 Å². The molecule has 0 fully saturated rings. The van der Waals surface area contributed by atoms with Gasteiger partial charge in [-0.05, 0) is 56.2 Å². The summed E-state index contributed by atoms with van der Waals surface area (Å²) < 4.78 is 0. The number of amides is 1. The Morgan fingerprint density at radius 1 is 1.33 bits per heavy atom. The number of hydrogen-bond donors (Lipinski definition) is 2. The summed E-state index contributed by atoms with van der Waals surface area (Å²) in [5.74, 6) is 1.54. The predicted octanol–water partition coefficient (Wildman–Crippen LogP) is 3.35. The van der Waals surface area contributed by atoms with Crippen LogP contribution >= 0.6 is 11.8 Å². The Labute approximate surface area is 147 Å². The van der Waals surface area contributed by atoms with Crippen LogP contribution in [0.5, 0.6) is 0 Å². The molecule has 3 rings (SSSR count). The zero-order chi connectivity index (χ0) is 16.9. The summed E-state index contributed by atoms with van der Waals surface area (Å²) in [4.78, 5) is 16.4. The summed E-state index contributed by atoms with van der Waals surface area (Å²) in [6.07, 6.45) is 5.38. The molecule has 1 aromatic carbocycles. The third kappa shape index (κ3) is 4.38. The van der Waals surface area contributed by atoms with Crippen LogP contribution in [-0.4, -0.2) is 26.8 Å². The van der Waals surface area contributed by atoms with Gasteiger partial charge in [-0.15, -0.1) is 5.10 Å². The monoisotopic (exact) mass is 344 g/mol. The highest BCUT2D eigenvalue weighted by molar-refractivity contribution is 7.99. The van der Waals surface area contributed by atoms with Crippen LogP contribution < -0.4 is 5.32 Å². The normalized spacial score (nSPS) is 14.9. The molecule has 1 atom stereocenters. The molecule has 1 aliphatic rings. The maximum atomic E-state index is 12.1. The second-order valence-electron chi connectivity index (χ2n) is 6.33. The van der Waals surface area contributed by atoms with Gasteiger partial charge in [-0.25, -0.2) is 4.98 Å². The van der Waals surface area contributed by atoms with Crippen molar-refractivity contribution in [2.45, 2.75) is 57.1 Å². The quantitative estimate of drug-likeness (QED) is 0.789. The van der Waals surface area contributed by atoms with Gasteiger partial charge in [0.05, 0.1) is 6.04 Å². The van der Waals surface area contributed by atoms with Crippen LogP contribution in [0, 0.1) is 6.92 Å². The number of thioether (sulfide) groups is 1. The first-order chi connectivity index (χ1) is 11.6. The van der Waals surface area contributed by atoms with Crippen molar-refractivity contribution < 1.29 is 4.79 Å². The van der Waals surface area contributed by atoms with Gasteiger partial charge in [0.2, 0.25) is 11.1 Å². The van der Waals surface area contributed by atoms with Gasteiger partial charge >= 0.3 is 0 Å². The number of aromatic amines is 1. The molecule has 0 spiro atoms. The highest BCUT2D eigenvalue weighted by atomic mass is 32.2. The number of nitrogens with one attached hydrogen (secondary N) is 2. The van der Waals surface area contributed by atoms with Crippen LogP contribution in [0.25, 0.3) is 0 Å². The molecule has 0 bridgehead atoms. The van der Waals surface area contributed by atoms with Crippen LogP contribution in [0.3, 0.4) is 0 Å². The zero-order valence-corrected chi connectivity index (χ0v) is 15.1. The minimum absolute atomic E-state index is 0.0421. The van der Waals surface area contributed by atoms with Crippen LogP contribution in [0.2, 0.25) is 0 Å². The van der Waals surface area contributed by atoms with Gasteiger partial charge in [0.15, 0.2) is 0 Å². The van der Waals surface area contributed by atoms with E-state index < -0.39 is 0 Å². The van der Waals surface area contributed by atoms with Crippen molar-refractivity contribution in [3.63, 3.8) is 0 Å². The molecule has 0 saturated carbocycles. The standard InChI is InChI=1S/C18H24N4OS/c1-12(15-8-7-14-5-3-4-6-16(14)11-15)19-17(23)9-10-24-18-20-13(2)21-22-18/h7-8,11-12H,3-6,9-10H2,1-2H3,(H,19,23)(H,20,21,22)/t12-/m0/s1. The molecule has 1 heterocycles. The fourth-order valence-corrected chi connectivity index (χ4v) is 3.82. The Bertz CT molecular complexity index is 713. The lowest BCUT2D eigenvalue weighted by atomic mass is 9.89. The molecule has 0 unspecified atom stereocenters. The van der Waals surface area contributed by atoms with Crippen molar-refractivity contribution in [2.24, 2.45) is 0 Å². The first-order valence-electron chi connectivity index (χ1n) is 8.54. The Kier molecular flexibility index (Phi) is 5.56. The van der Waals surface area contributed by atoms with E-state index in [1.807, 2.05) is 13.8 Å². The van der Waals surface area contributed by atoms with E-state index in [9.17, 15) is 4.79 Å².